The van der Waals surface area contributed by atoms with E-state index in [2.05, 4.69) is 4.90 Å². The van der Waals surface area contributed by atoms with Crippen LogP contribution in [0.25, 0.3) is 0 Å². The molecule has 2 atom stereocenters. The van der Waals surface area contributed by atoms with Gasteiger partial charge in [-0.15, -0.1) is 0 Å². The van der Waals surface area contributed by atoms with Crippen LogP contribution in [0.2, 0.25) is 0 Å². The Balaban J connectivity index is 1.30. The van der Waals surface area contributed by atoms with Crippen molar-refractivity contribution in [1.29, 1.82) is 0 Å². The number of anilines is 1. The van der Waals surface area contributed by atoms with Crippen molar-refractivity contribution in [3.8, 4) is 0 Å². The predicted octanol–water partition coefficient (Wildman–Crippen LogP) is 1.56. The van der Waals surface area contributed by atoms with Crippen LogP contribution >= 0.6 is 0 Å². The maximum Gasteiger partial charge on any atom is 0.332 e. The standard InChI is InChI=1S/C22H30N4O4/c1-16-12-24(13-17(2)30-16)20(27)14-23-10-8-18(9-11-23)25-15-21(28)26(22(25)29)19-6-4-3-5-7-19/h3-7,16-18H,8-15H2,1-2H3. The van der Waals surface area contributed by atoms with Gasteiger partial charge in [-0.05, 0) is 38.8 Å². The summed E-state index contributed by atoms with van der Waals surface area (Å²) in [5.74, 6) is -0.0440. The number of morpholine rings is 1. The lowest BCUT2D eigenvalue weighted by Gasteiger charge is -2.39. The zero-order chi connectivity index (χ0) is 21.3. The second-order valence-corrected chi connectivity index (χ2v) is 8.54. The van der Waals surface area contributed by atoms with Crippen molar-refractivity contribution in [2.24, 2.45) is 0 Å². The third kappa shape index (κ3) is 4.34. The van der Waals surface area contributed by atoms with Crippen LogP contribution in [0.4, 0.5) is 10.5 Å². The number of benzene rings is 1. The van der Waals surface area contributed by atoms with Crippen molar-refractivity contribution in [2.45, 2.75) is 44.9 Å². The molecular weight excluding hydrogens is 384 g/mol. The monoisotopic (exact) mass is 414 g/mol. The Morgan fingerprint density at radius 2 is 1.67 bits per heavy atom. The van der Waals surface area contributed by atoms with Gasteiger partial charge in [-0.3, -0.25) is 14.5 Å². The summed E-state index contributed by atoms with van der Waals surface area (Å²) in [6.45, 7) is 7.28. The van der Waals surface area contributed by atoms with Crippen molar-refractivity contribution >= 4 is 23.5 Å². The highest BCUT2D eigenvalue weighted by atomic mass is 16.5. The Morgan fingerprint density at radius 1 is 1.03 bits per heavy atom. The fourth-order valence-corrected chi connectivity index (χ4v) is 4.70. The predicted molar refractivity (Wildman–Crippen MR) is 112 cm³/mol. The van der Waals surface area contributed by atoms with Gasteiger partial charge in [-0.2, -0.15) is 0 Å². The number of ether oxygens (including phenoxy) is 1. The van der Waals surface area contributed by atoms with Crippen molar-refractivity contribution in [2.75, 3.05) is 44.2 Å². The third-order valence-electron chi connectivity index (χ3n) is 6.14. The van der Waals surface area contributed by atoms with Gasteiger partial charge in [-0.25, -0.2) is 9.69 Å². The molecule has 3 fully saturated rings. The highest BCUT2D eigenvalue weighted by molar-refractivity contribution is 6.19. The fourth-order valence-electron chi connectivity index (χ4n) is 4.70. The molecule has 8 nitrogen and oxygen atoms in total. The minimum absolute atomic E-state index is 0.0324. The number of nitrogens with zero attached hydrogens (tertiary/aromatic N) is 4. The normalized spacial score (nSPS) is 26.5. The number of imide groups is 1. The lowest BCUT2D eigenvalue weighted by atomic mass is 10.0. The second kappa shape index (κ2) is 8.73. The summed E-state index contributed by atoms with van der Waals surface area (Å²) in [4.78, 5) is 45.1. The van der Waals surface area contributed by atoms with Gasteiger partial charge in [0.1, 0.15) is 6.54 Å². The zero-order valence-electron chi connectivity index (χ0n) is 17.7. The Morgan fingerprint density at radius 3 is 2.30 bits per heavy atom. The number of carbonyl (C=O) groups is 3. The van der Waals surface area contributed by atoms with E-state index < -0.39 is 0 Å². The molecule has 0 aromatic heterocycles. The van der Waals surface area contributed by atoms with Crippen LogP contribution in [0, 0.1) is 0 Å². The van der Waals surface area contributed by atoms with E-state index in [9.17, 15) is 14.4 Å². The van der Waals surface area contributed by atoms with Crippen LogP contribution in [-0.4, -0.2) is 90.1 Å². The van der Waals surface area contributed by atoms with Gasteiger partial charge in [0.15, 0.2) is 0 Å². The molecule has 3 heterocycles. The van der Waals surface area contributed by atoms with Crippen LogP contribution in [0.15, 0.2) is 30.3 Å². The molecule has 0 N–H and O–H groups in total. The second-order valence-electron chi connectivity index (χ2n) is 8.54. The van der Waals surface area contributed by atoms with Crippen LogP contribution in [0.5, 0.6) is 0 Å². The first-order valence-electron chi connectivity index (χ1n) is 10.8. The van der Waals surface area contributed by atoms with Gasteiger partial charge >= 0.3 is 6.03 Å². The maximum atomic E-state index is 12.9. The topological polar surface area (TPSA) is 73.4 Å². The van der Waals surface area contributed by atoms with Crippen LogP contribution in [-0.2, 0) is 14.3 Å². The Hall–Kier alpha value is -2.45. The summed E-state index contributed by atoms with van der Waals surface area (Å²) in [5.41, 5.74) is 0.618. The molecule has 0 aliphatic carbocycles. The van der Waals surface area contributed by atoms with E-state index in [1.165, 1.54) is 4.90 Å². The lowest BCUT2D eigenvalue weighted by Crippen LogP contribution is -2.53. The SMILES string of the molecule is CC1CN(C(=O)CN2CCC(N3CC(=O)N(c4ccccc4)C3=O)CC2)CC(C)O1. The molecule has 0 radical (unpaired) electrons. The Labute approximate surface area is 177 Å². The maximum absolute atomic E-state index is 12.9. The number of urea groups is 1. The summed E-state index contributed by atoms with van der Waals surface area (Å²) >= 11 is 0. The summed E-state index contributed by atoms with van der Waals surface area (Å²) in [6, 6.07) is 8.86. The van der Waals surface area contributed by atoms with Crippen LogP contribution in [0.1, 0.15) is 26.7 Å². The summed E-state index contributed by atoms with van der Waals surface area (Å²) in [6.07, 6.45) is 1.67. The van der Waals surface area contributed by atoms with E-state index in [0.29, 0.717) is 25.3 Å². The molecule has 4 rings (SSSR count). The number of para-hydroxylation sites is 1. The molecule has 1 aromatic rings. The Bertz CT molecular complexity index is 784. The van der Waals surface area contributed by atoms with Crippen molar-refractivity contribution in [3.05, 3.63) is 30.3 Å². The van der Waals surface area contributed by atoms with Gasteiger partial charge in [0.2, 0.25) is 5.91 Å². The molecule has 0 bridgehead atoms. The smallest absolute Gasteiger partial charge is 0.332 e. The number of hydrogen-bond donors (Lipinski definition) is 0. The first-order valence-corrected chi connectivity index (χ1v) is 10.8. The van der Waals surface area contributed by atoms with Crippen molar-refractivity contribution < 1.29 is 19.1 Å². The fraction of sp³-hybridized carbons (Fsp3) is 0.591. The number of piperidine rings is 1. The Kier molecular flexibility index (Phi) is 6.06. The van der Waals surface area contributed by atoms with Crippen LogP contribution < -0.4 is 4.90 Å². The minimum Gasteiger partial charge on any atom is -0.372 e. The number of amides is 4. The molecule has 1 aromatic carbocycles. The van der Waals surface area contributed by atoms with E-state index >= 15 is 0 Å². The first-order chi connectivity index (χ1) is 14.4. The zero-order valence-corrected chi connectivity index (χ0v) is 17.7. The highest BCUT2D eigenvalue weighted by Crippen LogP contribution is 2.26. The quantitative estimate of drug-likeness (QED) is 0.699. The van der Waals surface area contributed by atoms with E-state index in [-0.39, 0.29) is 42.6 Å². The molecule has 30 heavy (non-hydrogen) atoms. The van der Waals surface area contributed by atoms with Gasteiger partial charge in [-0.1, -0.05) is 18.2 Å². The molecule has 3 aliphatic heterocycles. The molecule has 0 spiro atoms. The van der Waals surface area contributed by atoms with Gasteiger partial charge < -0.3 is 14.5 Å². The molecular formula is C22H30N4O4. The molecule has 4 amide bonds. The van der Waals surface area contributed by atoms with E-state index in [1.54, 1.807) is 17.0 Å². The largest absolute Gasteiger partial charge is 0.372 e. The van der Waals surface area contributed by atoms with E-state index in [0.717, 1.165) is 25.9 Å². The van der Waals surface area contributed by atoms with Gasteiger partial charge in [0, 0.05) is 32.2 Å². The molecule has 3 saturated heterocycles. The summed E-state index contributed by atoms with van der Waals surface area (Å²) in [5, 5.41) is 0. The average Bonchev–Trinajstić information content (AvgIpc) is 3.02. The van der Waals surface area contributed by atoms with Gasteiger partial charge in [0.25, 0.3) is 5.91 Å². The van der Waals surface area contributed by atoms with Crippen LogP contribution in [0.3, 0.4) is 0 Å². The minimum atomic E-state index is -0.239. The van der Waals surface area contributed by atoms with E-state index in [4.69, 9.17) is 4.74 Å². The first kappa shape index (κ1) is 20.8. The molecule has 162 valence electrons. The summed E-state index contributed by atoms with van der Waals surface area (Å²) in [7, 11) is 0. The number of likely N-dealkylation sites (tertiary alicyclic amines) is 1. The molecule has 3 aliphatic rings. The molecule has 0 saturated carbocycles. The van der Waals surface area contributed by atoms with Crippen molar-refractivity contribution in [3.63, 3.8) is 0 Å². The number of rotatable bonds is 4. The van der Waals surface area contributed by atoms with E-state index in [1.807, 2.05) is 36.9 Å². The molecule has 2 unspecified atom stereocenters. The summed E-state index contributed by atoms with van der Waals surface area (Å²) < 4.78 is 5.71. The van der Waals surface area contributed by atoms with Gasteiger partial charge in [0.05, 0.1) is 24.4 Å². The lowest BCUT2D eigenvalue weighted by molar-refractivity contribution is -0.144. The number of carbonyl (C=O) groups excluding carboxylic acids is 3. The third-order valence-corrected chi connectivity index (χ3v) is 6.14. The highest BCUT2D eigenvalue weighted by Gasteiger charge is 2.41. The van der Waals surface area contributed by atoms with Crippen molar-refractivity contribution in [1.82, 2.24) is 14.7 Å². The molecule has 8 heteroatoms. The average molecular weight is 415 g/mol. The number of hydrogen-bond acceptors (Lipinski definition) is 5.